The standard InChI is InChI=1S/C16H23NO4S2/c1-4-21-10-16(15(17)22)13(14(16)23(18,19)5-2)11-6-8-12(20-3)9-7-11/h6-9,13-14H,4-5,10H2,1-3H3,(H2,17,22)/t13-,14+,16-/m0/s1. The van der Waals surface area contributed by atoms with Gasteiger partial charge in [-0.05, 0) is 24.6 Å². The van der Waals surface area contributed by atoms with Crippen molar-refractivity contribution in [1.29, 1.82) is 0 Å². The van der Waals surface area contributed by atoms with Gasteiger partial charge < -0.3 is 15.2 Å². The Kier molecular flexibility index (Phi) is 5.33. The molecule has 3 atom stereocenters. The van der Waals surface area contributed by atoms with Crippen LogP contribution >= 0.6 is 12.2 Å². The van der Waals surface area contributed by atoms with Crippen molar-refractivity contribution in [2.24, 2.45) is 11.1 Å². The Balaban J connectivity index is 2.46. The predicted octanol–water partition coefficient (Wildman–Crippen LogP) is 1.90. The summed E-state index contributed by atoms with van der Waals surface area (Å²) >= 11 is 5.24. The number of rotatable bonds is 8. The largest absolute Gasteiger partial charge is 0.497 e. The van der Waals surface area contributed by atoms with Crippen LogP contribution in [0.5, 0.6) is 5.75 Å². The maximum absolute atomic E-state index is 12.6. The van der Waals surface area contributed by atoms with Crippen molar-refractivity contribution in [3.63, 3.8) is 0 Å². The fourth-order valence-corrected chi connectivity index (χ4v) is 5.67. The number of ether oxygens (including phenoxy) is 2. The van der Waals surface area contributed by atoms with Crippen molar-refractivity contribution >= 4 is 27.0 Å². The Bertz CT molecular complexity index is 672. The van der Waals surface area contributed by atoms with Crippen LogP contribution in [0.1, 0.15) is 25.3 Å². The lowest BCUT2D eigenvalue weighted by atomic mass is 10.00. The van der Waals surface area contributed by atoms with Crippen LogP contribution in [0.25, 0.3) is 0 Å². The van der Waals surface area contributed by atoms with Gasteiger partial charge in [-0.2, -0.15) is 0 Å². The van der Waals surface area contributed by atoms with Gasteiger partial charge in [0.1, 0.15) is 5.75 Å². The highest BCUT2D eigenvalue weighted by molar-refractivity contribution is 7.92. The summed E-state index contributed by atoms with van der Waals surface area (Å²) in [5.41, 5.74) is 6.03. The van der Waals surface area contributed by atoms with Crippen molar-refractivity contribution in [3.05, 3.63) is 29.8 Å². The van der Waals surface area contributed by atoms with E-state index in [2.05, 4.69) is 0 Å². The molecule has 0 unspecified atom stereocenters. The van der Waals surface area contributed by atoms with Gasteiger partial charge in [0.15, 0.2) is 9.84 Å². The highest BCUT2D eigenvalue weighted by atomic mass is 32.2. The van der Waals surface area contributed by atoms with Crippen LogP contribution in [0.4, 0.5) is 0 Å². The normalized spacial score (nSPS) is 26.7. The number of nitrogens with two attached hydrogens (primary N) is 1. The van der Waals surface area contributed by atoms with E-state index in [0.29, 0.717) is 6.61 Å². The molecule has 2 N–H and O–H groups in total. The molecule has 1 aromatic rings. The second kappa shape index (κ2) is 6.75. The van der Waals surface area contributed by atoms with Gasteiger partial charge in [-0.15, -0.1) is 0 Å². The molecule has 1 aliphatic rings. The van der Waals surface area contributed by atoms with E-state index in [9.17, 15) is 8.42 Å². The van der Waals surface area contributed by atoms with E-state index in [0.717, 1.165) is 11.3 Å². The van der Waals surface area contributed by atoms with Crippen molar-refractivity contribution in [2.75, 3.05) is 26.1 Å². The Morgan fingerprint density at radius 3 is 2.35 bits per heavy atom. The molecule has 1 saturated carbocycles. The molecule has 0 radical (unpaired) electrons. The van der Waals surface area contributed by atoms with Crippen LogP contribution < -0.4 is 10.5 Å². The molecule has 0 heterocycles. The molecule has 0 aromatic heterocycles. The number of sulfone groups is 1. The van der Waals surface area contributed by atoms with E-state index >= 15 is 0 Å². The quantitative estimate of drug-likeness (QED) is 0.716. The van der Waals surface area contributed by atoms with Crippen LogP contribution in [0.3, 0.4) is 0 Å². The predicted molar refractivity (Wildman–Crippen MR) is 94.7 cm³/mol. The van der Waals surface area contributed by atoms with Crippen molar-refractivity contribution in [1.82, 2.24) is 0 Å². The topological polar surface area (TPSA) is 78.6 Å². The van der Waals surface area contributed by atoms with Crippen LogP contribution in [0.15, 0.2) is 24.3 Å². The monoisotopic (exact) mass is 357 g/mol. The smallest absolute Gasteiger partial charge is 0.154 e. The summed E-state index contributed by atoms with van der Waals surface area (Å²) in [6.07, 6.45) is 0. The first kappa shape index (κ1) is 18.2. The number of methoxy groups -OCH3 is 1. The average Bonchev–Trinajstić information content (AvgIpc) is 3.24. The summed E-state index contributed by atoms with van der Waals surface area (Å²) < 4.78 is 35.8. The van der Waals surface area contributed by atoms with Crippen LogP contribution in [0.2, 0.25) is 0 Å². The zero-order valence-corrected chi connectivity index (χ0v) is 15.2. The van der Waals surface area contributed by atoms with Gasteiger partial charge in [0, 0.05) is 18.3 Å². The third-order valence-corrected chi connectivity index (χ3v) is 7.18. The Hall–Kier alpha value is -1.18. The molecular formula is C16H23NO4S2. The SMILES string of the molecule is CCOC[C@@]1(C(N)=S)[C@H](S(=O)(=O)CC)[C@@H]1c1ccc(OC)cc1. The van der Waals surface area contributed by atoms with Crippen molar-refractivity contribution in [2.45, 2.75) is 25.0 Å². The maximum atomic E-state index is 12.6. The highest BCUT2D eigenvalue weighted by Crippen LogP contribution is 2.63. The molecule has 2 rings (SSSR count). The first-order valence-electron chi connectivity index (χ1n) is 7.58. The zero-order chi connectivity index (χ0) is 17.3. The lowest BCUT2D eigenvalue weighted by Gasteiger charge is -2.16. The fourth-order valence-electron chi connectivity index (χ4n) is 3.20. The number of hydrogen-bond donors (Lipinski definition) is 1. The highest BCUT2D eigenvalue weighted by Gasteiger charge is 2.72. The molecule has 0 aliphatic heterocycles. The first-order valence-corrected chi connectivity index (χ1v) is 9.70. The van der Waals surface area contributed by atoms with Gasteiger partial charge in [0.2, 0.25) is 0 Å². The van der Waals surface area contributed by atoms with Crippen molar-refractivity contribution in [3.8, 4) is 5.75 Å². The summed E-state index contributed by atoms with van der Waals surface area (Å²) in [4.78, 5) is 0.203. The Morgan fingerprint density at radius 1 is 1.30 bits per heavy atom. The summed E-state index contributed by atoms with van der Waals surface area (Å²) in [5.74, 6) is 0.498. The third-order valence-electron chi connectivity index (χ3n) is 4.52. The zero-order valence-electron chi connectivity index (χ0n) is 13.6. The second-order valence-corrected chi connectivity index (χ2v) is 8.52. The lowest BCUT2D eigenvalue weighted by Crippen LogP contribution is -2.34. The summed E-state index contributed by atoms with van der Waals surface area (Å²) in [5, 5.41) is -0.627. The number of thiocarbonyl (C=S) groups is 1. The van der Waals surface area contributed by atoms with Crippen molar-refractivity contribution < 1.29 is 17.9 Å². The summed E-state index contributed by atoms with van der Waals surface area (Å²) in [6.45, 7) is 4.21. The lowest BCUT2D eigenvalue weighted by molar-refractivity contribution is 0.121. The Labute approximate surface area is 143 Å². The van der Waals surface area contributed by atoms with Crippen LogP contribution in [0, 0.1) is 5.41 Å². The molecular weight excluding hydrogens is 334 g/mol. The van der Waals surface area contributed by atoms with Gasteiger partial charge in [-0.3, -0.25) is 0 Å². The van der Waals surface area contributed by atoms with Crippen LogP contribution in [-0.4, -0.2) is 44.7 Å². The summed E-state index contributed by atoms with van der Waals surface area (Å²) in [6, 6.07) is 7.36. The molecule has 5 nitrogen and oxygen atoms in total. The van der Waals surface area contributed by atoms with Gasteiger partial charge in [-0.25, -0.2) is 8.42 Å². The van der Waals surface area contributed by atoms with Gasteiger partial charge in [0.25, 0.3) is 0 Å². The van der Waals surface area contributed by atoms with E-state index in [-0.39, 0.29) is 23.3 Å². The Morgan fingerprint density at radius 2 is 1.91 bits per heavy atom. The minimum absolute atomic E-state index is 0.0564. The molecule has 128 valence electrons. The fraction of sp³-hybridized carbons (Fsp3) is 0.562. The molecule has 7 heteroatoms. The minimum atomic E-state index is -3.30. The molecule has 1 aliphatic carbocycles. The van der Waals surface area contributed by atoms with E-state index in [1.54, 1.807) is 14.0 Å². The van der Waals surface area contributed by atoms with Crippen LogP contribution in [-0.2, 0) is 14.6 Å². The molecule has 1 aromatic carbocycles. The molecule has 0 bridgehead atoms. The first-order chi connectivity index (χ1) is 10.8. The molecule has 0 saturated heterocycles. The second-order valence-electron chi connectivity index (χ2n) is 5.66. The molecule has 0 spiro atoms. The van der Waals surface area contributed by atoms with E-state index in [1.807, 2.05) is 31.2 Å². The average molecular weight is 357 g/mol. The van der Waals surface area contributed by atoms with E-state index in [1.165, 1.54) is 0 Å². The number of benzene rings is 1. The van der Waals surface area contributed by atoms with E-state index < -0.39 is 20.5 Å². The minimum Gasteiger partial charge on any atom is -0.497 e. The third kappa shape index (κ3) is 3.09. The van der Waals surface area contributed by atoms with Gasteiger partial charge in [0.05, 0.1) is 29.4 Å². The summed E-state index contributed by atoms with van der Waals surface area (Å²) in [7, 11) is -1.71. The molecule has 23 heavy (non-hydrogen) atoms. The molecule has 0 amide bonds. The van der Waals surface area contributed by atoms with Gasteiger partial charge in [-0.1, -0.05) is 31.3 Å². The maximum Gasteiger partial charge on any atom is 0.154 e. The van der Waals surface area contributed by atoms with E-state index in [4.69, 9.17) is 27.4 Å². The molecule has 1 fully saturated rings. The van der Waals surface area contributed by atoms with Gasteiger partial charge >= 0.3 is 0 Å². The number of hydrogen-bond acceptors (Lipinski definition) is 5.